The topological polar surface area (TPSA) is 46.2 Å². The fourth-order valence-electron chi connectivity index (χ4n) is 1.56. The van der Waals surface area contributed by atoms with Crippen molar-refractivity contribution in [2.24, 2.45) is 0 Å². The summed E-state index contributed by atoms with van der Waals surface area (Å²) in [5.74, 6) is -0.592. The average molecular weight is 205 g/mol. The predicted octanol–water partition coefficient (Wildman–Crippen LogP) is 1.95. The van der Waals surface area contributed by atoms with Crippen LogP contribution in [0, 0.1) is 0 Å². The molecule has 0 aliphatic rings. The Balaban J connectivity index is 3.10. The lowest BCUT2D eigenvalue weighted by Gasteiger charge is -2.12. The monoisotopic (exact) mass is 205 g/mol. The number of carbonyl (C=O) groups is 2. The van der Waals surface area contributed by atoms with Gasteiger partial charge in [0.2, 0.25) is 6.29 Å². The van der Waals surface area contributed by atoms with Crippen molar-refractivity contribution in [3.05, 3.63) is 29.3 Å². The molecule has 0 saturated heterocycles. The van der Waals surface area contributed by atoms with Crippen LogP contribution in [0.5, 0.6) is 0 Å². The molecule has 0 fully saturated rings. The molecule has 0 saturated carbocycles. The lowest BCUT2D eigenvalue weighted by atomic mass is 10.0. The van der Waals surface area contributed by atoms with Crippen LogP contribution in [0.4, 0.5) is 5.69 Å². The molecule has 1 N–H and O–H groups in total. The average Bonchev–Trinajstić information content (AvgIpc) is 2.29. The Hall–Kier alpha value is -1.64. The van der Waals surface area contributed by atoms with Gasteiger partial charge in [0.1, 0.15) is 0 Å². The predicted molar refractivity (Wildman–Crippen MR) is 59.9 cm³/mol. The molecule has 80 valence electrons. The van der Waals surface area contributed by atoms with Crippen LogP contribution >= 0.6 is 0 Å². The first-order valence-corrected chi connectivity index (χ1v) is 5.09. The fourth-order valence-corrected chi connectivity index (χ4v) is 1.56. The smallest absolute Gasteiger partial charge is 0.288 e. The second-order valence-corrected chi connectivity index (χ2v) is 3.27. The number of para-hydroxylation sites is 1. The van der Waals surface area contributed by atoms with Gasteiger partial charge in [0, 0.05) is 5.69 Å². The molecule has 1 aromatic carbocycles. The summed E-state index contributed by atoms with van der Waals surface area (Å²) in [6.45, 7) is 4.04. The van der Waals surface area contributed by atoms with Gasteiger partial charge in [0.25, 0.3) is 5.91 Å². The number of carbonyl (C=O) groups excluding carboxylic acids is 2. The summed E-state index contributed by atoms with van der Waals surface area (Å²) in [6, 6.07) is 5.88. The fraction of sp³-hybridized carbons (Fsp3) is 0.333. The number of aldehydes is 1. The van der Waals surface area contributed by atoms with Gasteiger partial charge >= 0.3 is 0 Å². The van der Waals surface area contributed by atoms with Crippen LogP contribution in [0.2, 0.25) is 0 Å². The van der Waals surface area contributed by atoms with Gasteiger partial charge in [-0.3, -0.25) is 9.59 Å². The molecule has 0 atom stereocenters. The third kappa shape index (κ3) is 2.65. The van der Waals surface area contributed by atoms with E-state index in [0.717, 1.165) is 29.7 Å². The van der Waals surface area contributed by atoms with Crippen molar-refractivity contribution in [3.63, 3.8) is 0 Å². The van der Waals surface area contributed by atoms with E-state index >= 15 is 0 Å². The molecule has 0 aliphatic carbocycles. The highest BCUT2D eigenvalue weighted by molar-refractivity contribution is 6.29. The molecule has 1 amide bonds. The van der Waals surface area contributed by atoms with E-state index in [2.05, 4.69) is 5.32 Å². The van der Waals surface area contributed by atoms with Crippen molar-refractivity contribution in [2.45, 2.75) is 26.7 Å². The Bertz CT molecular complexity index is 350. The van der Waals surface area contributed by atoms with E-state index in [1.54, 1.807) is 0 Å². The molecule has 3 nitrogen and oxygen atoms in total. The largest absolute Gasteiger partial charge is 0.319 e. The van der Waals surface area contributed by atoms with E-state index < -0.39 is 5.91 Å². The highest BCUT2D eigenvalue weighted by Gasteiger charge is 2.08. The summed E-state index contributed by atoms with van der Waals surface area (Å²) in [5, 5.41) is 2.62. The van der Waals surface area contributed by atoms with Gasteiger partial charge in [0.05, 0.1) is 0 Å². The molecule has 0 aliphatic heterocycles. The van der Waals surface area contributed by atoms with E-state index in [0.29, 0.717) is 6.29 Å². The highest BCUT2D eigenvalue weighted by Crippen LogP contribution is 2.22. The summed E-state index contributed by atoms with van der Waals surface area (Å²) < 4.78 is 0. The Labute approximate surface area is 89.5 Å². The van der Waals surface area contributed by atoms with Gasteiger partial charge in [-0.1, -0.05) is 32.0 Å². The number of hydrogen-bond donors (Lipinski definition) is 1. The molecular weight excluding hydrogens is 190 g/mol. The first kappa shape index (κ1) is 11.4. The maximum absolute atomic E-state index is 11.0. The van der Waals surface area contributed by atoms with Crippen molar-refractivity contribution in [2.75, 3.05) is 5.32 Å². The summed E-state index contributed by atoms with van der Waals surface area (Å²) in [5.41, 5.74) is 2.91. The van der Waals surface area contributed by atoms with Crippen LogP contribution in [0.3, 0.4) is 0 Å². The van der Waals surface area contributed by atoms with Crippen LogP contribution in [-0.4, -0.2) is 12.2 Å². The van der Waals surface area contributed by atoms with Crippen LogP contribution in [0.1, 0.15) is 25.0 Å². The van der Waals surface area contributed by atoms with E-state index in [1.807, 2.05) is 32.0 Å². The van der Waals surface area contributed by atoms with Crippen molar-refractivity contribution in [1.29, 1.82) is 0 Å². The normalized spacial score (nSPS) is 9.73. The number of benzene rings is 1. The first-order chi connectivity index (χ1) is 7.22. The van der Waals surface area contributed by atoms with Crippen molar-refractivity contribution in [1.82, 2.24) is 0 Å². The Kier molecular flexibility index (Phi) is 4.03. The zero-order valence-electron chi connectivity index (χ0n) is 9.04. The molecule has 1 aromatic rings. The minimum atomic E-state index is -0.592. The maximum atomic E-state index is 11.0. The Morgan fingerprint density at radius 3 is 2.20 bits per heavy atom. The molecule has 3 heteroatoms. The zero-order chi connectivity index (χ0) is 11.3. The van der Waals surface area contributed by atoms with Gasteiger partial charge in [-0.2, -0.15) is 0 Å². The third-order valence-corrected chi connectivity index (χ3v) is 2.35. The van der Waals surface area contributed by atoms with E-state index in [9.17, 15) is 9.59 Å². The molecule has 0 heterocycles. The molecule has 0 aromatic heterocycles. The van der Waals surface area contributed by atoms with Gasteiger partial charge in [-0.05, 0) is 24.0 Å². The molecule has 0 radical (unpaired) electrons. The Morgan fingerprint density at radius 2 is 1.80 bits per heavy atom. The Morgan fingerprint density at radius 1 is 1.27 bits per heavy atom. The molecule has 15 heavy (non-hydrogen) atoms. The zero-order valence-corrected chi connectivity index (χ0v) is 9.04. The van der Waals surface area contributed by atoms with Gasteiger partial charge < -0.3 is 5.32 Å². The minimum absolute atomic E-state index is 0.297. The van der Waals surface area contributed by atoms with Gasteiger partial charge in [-0.15, -0.1) is 0 Å². The maximum Gasteiger partial charge on any atom is 0.288 e. The van der Waals surface area contributed by atoms with Crippen LogP contribution in [0.25, 0.3) is 0 Å². The van der Waals surface area contributed by atoms with Crippen LogP contribution < -0.4 is 5.32 Å². The number of aryl methyl sites for hydroxylation is 2. The highest BCUT2D eigenvalue weighted by atomic mass is 16.2. The van der Waals surface area contributed by atoms with Gasteiger partial charge in [0.15, 0.2) is 0 Å². The second kappa shape index (κ2) is 5.29. The van der Waals surface area contributed by atoms with E-state index in [4.69, 9.17) is 0 Å². The molecule has 0 spiro atoms. The molecule has 0 bridgehead atoms. The van der Waals surface area contributed by atoms with Crippen LogP contribution in [0.15, 0.2) is 18.2 Å². The lowest BCUT2D eigenvalue weighted by molar-refractivity contribution is -0.127. The second-order valence-electron chi connectivity index (χ2n) is 3.27. The van der Waals surface area contributed by atoms with Crippen LogP contribution in [-0.2, 0) is 22.4 Å². The summed E-state index contributed by atoms with van der Waals surface area (Å²) >= 11 is 0. The summed E-state index contributed by atoms with van der Waals surface area (Å²) in [7, 11) is 0. The molecular formula is C12H15NO2. The number of rotatable bonds is 4. The molecule has 0 unspecified atom stereocenters. The van der Waals surface area contributed by atoms with E-state index in [-0.39, 0.29) is 0 Å². The lowest BCUT2D eigenvalue weighted by Crippen LogP contribution is -2.15. The summed E-state index contributed by atoms with van der Waals surface area (Å²) in [4.78, 5) is 21.3. The van der Waals surface area contributed by atoms with Crippen molar-refractivity contribution in [3.8, 4) is 0 Å². The minimum Gasteiger partial charge on any atom is -0.319 e. The SMILES string of the molecule is CCc1cccc(CC)c1NC(=O)C=O. The van der Waals surface area contributed by atoms with Crippen molar-refractivity contribution < 1.29 is 9.59 Å². The summed E-state index contributed by atoms with van der Waals surface area (Å²) in [6.07, 6.45) is 1.97. The number of hydrogen-bond acceptors (Lipinski definition) is 2. The number of anilines is 1. The standard InChI is InChI=1S/C12H15NO2/c1-3-9-6-5-7-10(4-2)12(9)13-11(15)8-14/h5-8H,3-4H2,1-2H3,(H,13,15). The van der Waals surface area contributed by atoms with E-state index in [1.165, 1.54) is 0 Å². The quantitative estimate of drug-likeness (QED) is 0.603. The first-order valence-electron chi connectivity index (χ1n) is 5.09. The number of nitrogens with one attached hydrogen (secondary N) is 1. The number of amides is 1. The van der Waals surface area contributed by atoms with Crippen molar-refractivity contribution >= 4 is 17.9 Å². The van der Waals surface area contributed by atoms with Gasteiger partial charge in [-0.25, -0.2) is 0 Å². The third-order valence-electron chi connectivity index (χ3n) is 2.35. The molecule has 1 rings (SSSR count).